The minimum Gasteiger partial charge on any atom is -0.309 e. The van der Waals surface area contributed by atoms with Crippen LogP contribution >= 0.6 is 0 Å². The van der Waals surface area contributed by atoms with E-state index in [0.29, 0.717) is 5.54 Å². The fraction of sp³-hybridized carbons (Fsp3) is 1.00. The van der Waals surface area contributed by atoms with Crippen molar-refractivity contribution >= 4 is 0 Å². The lowest BCUT2D eigenvalue weighted by Crippen LogP contribution is -2.60. The predicted molar refractivity (Wildman–Crippen MR) is 74.5 cm³/mol. The number of nitrogens with zero attached hydrogens (tertiary/aromatic N) is 1. The molecule has 4 aliphatic rings. The smallest absolute Gasteiger partial charge is 0.0309 e. The molecule has 0 radical (unpaired) electrons. The summed E-state index contributed by atoms with van der Waals surface area (Å²) in [6.07, 6.45) is 9.07. The van der Waals surface area contributed by atoms with Crippen molar-refractivity contribution < 1.29 is 0 Å². The fourth-order valence-corrected chi connectivity index (χ4v) is 4.28. The maximum Gasteiger partial charge on any atom is 0.0309 e. The first-order valence-corrected chi connectivity index (χ1v) is 8.22. The summed E-state index contributed by atoms with van der Waals surface area (Å²) < 4.78 is 0. The zero-order chi connectivity index (χ0) is 12.2. The largest absolute Gasteiger partial charge is 0.309 e. The molecule has 0 aromatic carbocycles. The molecule has 3 saturated carbocycles. The highest BCUT2D eigenvalue weighted by atomic mass is 15.2. The van der Waals surface area contributed by atoms with Gasteiger partial charge in [-0.3, -0.25) is 4.90 Å². The van der Waals surface area contributed by atoms with E-state index >= 15 is 0 Å². The van der Waals surface area contributed by atoms with Crippen molar-refractivity contribution in [3.8, 4) is 0 Å². The van der Waals surface area contributed by atoms with Crippen molar-refractivity contribution in [2.45, 2.75) is 51.0 Å². The van der Waals surface area contributed by atoms with E-state index in [4.69, 9.17) is 0 Å². The average Bonchev–Trinajstić information content (AvgIpc) is 3.24. The number of rotatable bonds is 5. The van der Waals surface area contributed by atoms with Crippen LogP contribution in [0.5, 0.6) is 0 Å². The van der Waals surface area contributed by atoms with Gasteiger partial charge in [0.25, 0.3) is 0 Å². The molecule has 102 valence electrons. The van der Waals surface area contributed by atoms with Gasteiger partial charge in [0.15, 0.2) is 0 Å². The highest BCUT2D eigenvalue weighted by Gasteiger charge is 2.46. The van der Waals surface area contributed by atoms with E-state index < -0.39 is 0 Å². The molecule has 1 N–H and O–H groups in total. The van der Waals surface area contributed by atoms with Crippen LogP contribution in [0.3, 0.4) is 0 Å². The van der Waals surface area contributed by atoms with Gasteiger partial charge in [-0.25, -0.2) is 0 Å². The van der Waals surface area contributed by atoms with Gasteiger partial charge in [-0.2, -0.15) is 0 Å². The van der Waals surface area contributed by atoms with Crippen molar-refractivity contribution in [3.05, 3.63) is 0 Å². The van der Waals surface area contributed by atoms with Gasteiger partial charge in [0.1, 0.15) is 0 Å². The van der Waals surface area contributed by atoms with Gasteiger partial charge in [-0.15, -0.1) is 0 Å². The highest BCUT2D eigenvalue weighted by molar-refractivity contribution is 5.03. The molecule has 0 amide bonds. The van der Waals surface area contributed by atoms with Gasteiger partial charge in [0.05, 0.1) is 0 Å². The summed E-state index contributed by atoms with van der Waals surface area (Å²) in [4.78, 5) is 2.80. The summed E-state index contributed by atoms with van der Waals surface area (Å²) in [5, 5.41) is 3.81. The molecule has 0 spiro atoms. The molecule has 4 rings (SSSR count). The Morgan fingerprint density at radius 1 is 1.11 bits per heavy atom. The minimum atomic E-state index is 0.440. The third kappa shape index (κ3) is 2.34. The Kier molecular flexibility index (Phi) is 2.74. The molecular formula is C16H28N2. The van der Waals surface area contributed by atoms with Crippen LogP contribution in [-0.4, -0.2) is 36.6 Å². The van der Waals surface area contributed by atoms with Crippen molar-refractivity contribution in [1.82, 2.24) is 10.2 Å². The quantitative estimate of drug-likeness (QED) is 0.804. The Balaban J connectivity index is 1.38. The second-order valence-electron chi connectivity index (χ2n) is 7.69. The zero-order valence-electron chi connectivity index (χ0n) is 11.8. The third-order valence-electron chi connectivity index (χ3n) is 5.91. The van der Waals surface area contributed by atoms with Crippen LogP contribution in [0.4, 0.5) is 0 Å². The topological polar surface area (TPSA) is 15.3 Å². The standard InChI is InChI=1S/C16H28N2/c1-16(14-6-7-14)11-18(9-8-17-16)10-15(12-2-3-12)13-4-5-13/h12-15,17H,2-11H2,1H3. The van der Waals surface area contributed by atoms with Crippen molar-refractivity contribution in [2.24, 2.45) is 23.7 Å². The Labute approximate surface area is 111 Å². The molecule has 1 unspecified atom stereocenters. The molecule has 2 nitrogen and oxygen atoms in total. The number of hydrogen-bond acceptors (Lipinski definition) is 2. The van der Waals surface area contributed by atoms with Crippen LogP contribution in [0.2, 0.25) is 0 Å². The van der Waals surface area contributed by atoms with Crippen LogP contribution in [0.15, 0.2) is 0 Å². The van der Waals surface area contributed by atoms with Crippen LogP contribution in [0.25, 0.3) is 0 Å². The first-order chi connectivity index (χ1) is 8.74. The monoisotopic (exact) mass is 248 g/mol. The van der Waals surface area contributed by atoms with Crippen LogP contribution in [0.1, 0.15) is 45.4 Å². The van der Waals surface area contributed by atoms with E-state index in [2.05, 4.69) is 17.1 Å². The van der Waals surface area contributed by atoms with E-state index in [1.165, 1.54) is 64.7 Å². The summed E-state index contributed by atoms with van der Waals surface area (Å²) in [7, 11) is 0. The number of hydrogen-bond donors (Lipinski definition) is 1. The second kappa shape index (κ2) is 4.21. The van der Waals surface area contributed by atoms with Gasteiger partial charge in [0.2, 0.25) is 0 Å². The molecule has 0 bridgehead atoms. The Morgan fingerprint density at radius 3 is 2.33 bits per heavy atom. The molecular weight excluding hydrogens is 220 g/mol. The zero-order valence-corrected chi connectivity index (χ0v) is 11.8. The van der Waals surface area contributed by atoms with E-state index in [1.807, 2.05) is 0 Å². The minimum absolute atomic E-state index is 0.440. The lowest BCUT2D eigenvalue weighted by atomic mass is 9.91. The van der Waals surface area contributed by atoms with Gasteiger partial charge in [0, 0.05) is 31.7 Å². The maximum absolute atomic E-state index is 3.81. The van der Waals surface area contributed by atoms with Gasteiger partial charge >= 0.3 is 0 Å². The lowest BCUT2D eigenvalue weighted by Gasteiger charge is -2.43. The Hall–Kier alpha value is -0.0800. The van der Waals surface area contributed by atoms with Crippen molar-refractivity contribution in [1.29, 1.82) is 0 Å². The Morgan fingerprint density at radius 2 is 1.78 bits per heavy atom. The molecule has 0 aromatic rings. The van der Waals surface area contributed by atoms with Gasteiger partial charge in [-0.05, 0) is 69.1 Å². The van der Waals surface area contributed by atoms with E-state index in [1.54, 1.807) is 0 Å². The highest BCUT2D eigenvalue weighted by Crippen LogP contribution is 2.50. The van der Waals surface area contributed by atoms with E-state index in [9.17, 15) is 0 Å². The van der Waals surface area contributed by atoms with Gasteiger partial charge < -0.3 is 5.32 Å². The summed E-state index contributed by atoms with van der Waals surface area (Å²) in [5.41, 5.74) is 0.440. The summed E-state index contributed by atoms with van der Waals surface area (Å²) in [6.45, 7) is 7.71. The predicted octanol–water partition coefficient (Wildman–Crippen LogP) is 2.50. The molecule has 1 atom stereocenters. The molecule has 3 aliphatic carbocycles. The van der Waals surface area contributed by atoms with Crippen LogP contribution in [-0.2, 0) is 0 Å². The van der Waals surface area contributed by atoms with E-state index in [0.717, 1.165) is 23.7 Å². The van der Waals surface area contributed by atoms with Crippen LogP contribution in [0, 0.1) is 23.7 Å². The van der Waals surface area contributed by atoms with E-state index in [-0.39, 0.29) is 0 Å². The molecule has 1 heterocycles. The van der Waals surface area contributed by atoms with Crippen molar-refractivity contribution in [3.63, 3.8) is 0 Å². The average molecular weight is 248 g/mol. The second-order valence-corrected chi connectivity index (χ2v) is 7.69. The molecule has 1 aliphatic heterocycles. The molecule has 0 aromatic heterocycles. The first-order valence-electron chi connectivity index (χ1n) is 8.22. The van der Waals surface area contributed by atoms with Crippen LogP contribution < -0.4 is 5.32 Å². The summed E-state index contributed by atoms with van der Waals surface area (Å²) in [6, 6.07) is 0. The summed E-state index contributed by atoms with van der Waals surface area (Å²) in [5.74, 6) is 4.26. The maximum atomic E-state index is 3.81. The molecule has 2 heteroatoms. The fourth-order valence-electron chi connectivity index (χ4n) is 4.28. The number of nitrogens with one attached hydrogen (secondary N) is 1. The SMILES string of the molecule is CC1(C2CC2)CN(CC(C2CC2)C2CC2)CCN1. The number of piperazine rings is 1. The first kappa shape index (κ1) is 11.7. The Bertz CT molecular complexity index is 305. The molecule has 18 heavy (non-hydrogen) atoms. The normalized spacial score (nSPS) is 38.3. The lowest BCUT2D eigenvalue weighted by molar-refractivity contribution is 0.102. The third-order valence-corrected chi connectivity index (χ3v) is 5.91. The summed E-state index contributed by atoms with van der Waals surface area (Å²) >= 11 is 0. The molecule has 4 fully saturated rings. The van der Waals surface area contributed by atoms with Gasteiger partial charge in [-0.1, -0.05) is 0 Å². The van der Waals surface area contributed by atoms with Crippen molar-refractivity contribution in [2.75, 3.05) is 26.2 Å². The molecule has 1 saturated heterocycles.